The lowest BCUT2D eigenvalue weighted by Gasteiger charge is -2.41. The number of likely N-dealkylation sites (tertiary alicyclic amines) is 1. The maximum atomic E-state index is 14.3. The van der Waals surface area contributed by atoms with Crippen molar-refractivity contribution in [1.29, 1.82) is 0 Å². The number of hydrogen-bond acceptors (Lipinski definition) is 8. The van der Waals surface area contributed by atoms with E-state index in [0.29, 0.717) is 25.9 Å². The number of nitrogens with zero attached hydrogens (tertiary/aromatic N) is 3. The minimum Gasteiger partial charge on any atom is -0.380 e. The average Bonchev–Trinajstić information content (AvgIpc) is 3.54. The van der Waals surface area contributed by atoms with Gasteiger partial charge in [0.15, 0.2) is 0 Å². The number of hydrogen-bond donors (Lipinski definition) is 2. The van der Waals surface area contributed by atoms with Crippen LogP contribution in [-0.4, -0.2) is 136 Å². The minimum absolute atomic E-state index is 0.0128. The van der Waals surface area contributed by atoms with Gasteiger partial charge in [-0.25, -0.2) is 0 Å². The molecule has 12 heteroatoms. The fourth-order valence-corrected chi connectivity index (χ4v) is 7.70. The summed E-state index contributed by atoms with van der Waals surface area (Å²) in [5, 5.41) is 6.09. The SMILES string of the molecule is CC[C@H](C)[C@@H]([C@@H](CC(=O)N1C[C@@H](OC)C[C@@H]1[C@H](OC)[C@@H](C)C(=O)NCCc1ccccc1)OC)N(C)C(=O)[C@@H](NC(=O)[C@H](C(C)C)N(C)C)C(C)C. The molecule has 1 fully saturated rings. The molecule has 0 spiro atoms. The Balaban J connectivity index is 2.29. The Morgan fingerprint density at radius 2 is 1.54 bits per heavy atom. The summed E-state index contributed by atoms with van der Waals surface area (Å²) in [6.45, 7) is 14.6. The van der Waals surface area contributed by atoms with E-state index in [1.165, 1.54) is 0 Å². The van der Waals surface area contributed by atoms with Crippen molar-refractivity contribution < 1.29 is 33.4 Å². The summed E-state index contributed by atoms with van der Waals surface area (Å²) in [5.41, 5.74) is 1.14. The molecule has 0 bridgehead atoms. The third-order valence-electron chi connectivity index (χ3n) is 10.8. The molecule has 296 valence electrons. The van der Waals surface area contributed by atoms with Crippen LogP contribution in [0.5, 0.6) is 0 Å². The summed E-state index contributed by atoms with van der Waals surface area (Å²) >= 11 is 0. The lowest BCUT2D eigenvalue weighted by Crippen LogP contribution is -2.59. The molecule has 1 aliphatic heterocycles. The number of rotatable bonds is 21. The van der Waals surface area contributed by atoms with Gasteiger partial charge in [0.1, 0.15) is 6.04 Å². The smallest absolute Gasteiger partial charge is 0.245 e. The molecule has 1 saturated heterocycles. The van der Waals surface area contributed by atoms with Gasteiger partial charge in [-0.3, -0.25) is 24.1 Å². The third-order valence-corrected chi connectivity index (χ3v) is 10.8. The van der Waals surface area contributed by atoms with Crippen molar-refractivity contribution in [1.82, 2.24) is 25.3 Å². The van der Waals surface area contributed by atoms with E-state index in [1.807, 2.05) is 97.8 Å². The standard InChI is InChI=1S/C40H69N5O7/c1-14-27(6)36(44(10)40(49)34(25(2)3)42-39(48)35(26(4)5)43(8)9)32(51-12)23-33(46)45-24-30(50-11)22-31(45)37(52-13)28(7)38(47)41-21-20-29-18-16-15-17-19-29/h15-19,25-28,30-32,34-37H,14,20-24H2,1-13H3,(H,41,47)(H,42,48)/t27-,28+,30-,31+,32+,34-,35-,36-,37+/m0/s1. The van der Waals surface area contributed by atoms with Gasteiger partial charge in [-0.05, 0) is 50.3 Å². The minimum atomic E-state index is -0.758. The van der Waals surface area contributed by atoms with E-state index in [2.05, 4.69) is 10.6 Å². The van der Waals surface area contributed by atoms with Gasteiger partial charge in [-0.1, -0.05) is 85.2 Å². The topological polar surface area (TPSA) is 130 Å². The number of carbonyl (C=O) groups is 4. The Kier molecular flexibility index (Phi) is 18.7. The number of nitrogens with one attached hydrogen (secondary N) is 2. The summed E-state index contributed by atoms with van der Waals surface area (Å²) < 4.78 is 17.7. The van der Waals surface area contributed by atoms with Crippen LogP contribution in [0, 0.1) is 23.7 Å². The number of ether oxygens (including phenoxy) is 3. The van der Waals surface area contributed by atoms with E-state index in [-0.39, 0.29) is 53.9 Å². The first-order chi connectivity index (χ1) is 24.5. The van der Waals surface area contributed by atoms with Crippen LogP contribution in [0.25, 0.3) is 0 Å². The van der Waals surface area contributed by atoms with Gasteiger partial charge in [-0.15, -0.1) is 0 Å². The molecule has 0 aliphatic carbocycles. The third kappa shape index (κ3) is 12.0. The Morgan fingerprint density at radius 1 is 0.904 bits per heavy atom. The molecule has 0 aromatic heterocycles. The molecule has 2 N–H and O–H groups in total. The molecule has 0 saturated carbocycles. The average molecular weight is 732 g/mol. The van der Waals surface area contributed by atoms with Crippen molar-refractivity contribution in [3.8, 4) is 0 Å². The second-order valence-electron chi connectivity index (χ2n) is 15.4. The van der Waals surface area contributed by atoms with Gasteiger partial charge in [0.05, 0.1) is 48.8 Å². The van der Waals surface area contributed by atoms with E-state index < -0.39 is 42.3 Å². The lowest BCUT2D eigenvalue weighted by atomic mass is 9.89. The highest BCUT2D eigenvalue weighted by Crippen LogP contribution is 2.31. The first-order valence-electron chi connectivity index (χ1n) is 19.0. The normalized spacial score (nSPS) is 20.3. The van der Waals surface area contributed by atoms with Crippen LogP contribution in [0.2, 0.25) is 0 Å². The second kappa shape index (κ2) is 21.6. The predicted molar refractivity (Wildman–Crippen MR) is 205 cm³/mol. The fourth-order valence-electron chi connectivity index (χ4n) is 7.70. The highest BCUT2D eigenvalue weighted by Gasteiger charge is 2.45. The van der Waals surface area contributed by atoms with Gasteiger partial charge < -0.3 is 34.6 Å². The summed E-state index contributed by atoms with van der Waals surface area (Å²) in [6, 6.07) is 7.98. The molecule has 2 rings (SSSR count). The zero-order valence-electron chi connectivity index (χ0n) is 34.2. The fraction of sp³-hybridized carbons (Fsp3) is 0.750. The number of likely N-dealkylation sites (N-methyl/N-ethyl adjacent to an activating group) is 2. The summed E-state index contributed by atoms with van der Waals surface area (Å²) in [4.78, 5) is 60.6. The highest BCUT2D eigenvalue weighted by molar-refractivity contribution is 5.90. The monoisotopic (exact) mass is 732 g/mol. The Hall–Kier alpha value is -3.06. The first-order valence-corrected chi connectivity index (χ1v) is 19.0. The van der Waals surface area contributed by atoms with Gasteiger partial charge >= 0.3 is 0 Å². The van der Waals surface area contributed by atoms with Crippen LogP contribution in [0.1, 0.15) is 73.3 Å². The zero-order valence-corrected chi connectivity index (χ0v) is 34.2. The predicted octanol–water partition coefficient (Wildman–Crippen LogP) is 3.62. The highest BCUT2D eigenvalue weighted by atomic mass is 16.5. The van der Waals surface area contributed by atoms with E-state index in [9.17, 15) is 19.2 Å². The van der Waals surface area contributed by atoms with Crippen molar-refractivity contribution in [3.05, 3.63) is 35.9 Å². The van der Waals surface area contributed by atoms with Crippen molar-refractivity contribution in [2.45, 2.75) is 117 Å². The number of carbonyl (C=O) groups excluding carboxylic acids is 4. The molecule has 12 nitrogen and oxygen atoms in total. The van der Waals surface area contributed by atoms with Gasteiger partial charge in [0, 0.05) is 41.5 Å². The van der Waals surface area contributed by atoms with Crippen LogP contribution >= 0.6 is 0 Å². The van der Waals surface area contributed by atoms with Gasteiger partial charge in [0.2, 0.25) is 23.6 Å². The molecule has 0 unspecified atom stereocenters. The van der Waals surface area contributed by atoms with Crippen LogP contribution < -0.4 is 10.6 Å². The van der Waals surface area contributed by atoms with Crippen LogP contribution in [0.15, 0.2) is 30.3 Å². The van der Waals surface area contributed by atoms with Gasteiger partial charge in [0.25, 0.3) is 0 Å². The lowest BCUT2D eigenvalue weighted by molar-refractivity contribution is -0.148. The van der Waals surface area contributed by atoms with E-state index in [0.717, 1.165) is 12.0 Å². The van der Waals surface area contributed by atoms with Crippen molar-refractivity contribution in [2.75, 3.05) is 55.6 Å². The summed E-state index contributed by atoms with van der Waals surface area (Å²) in [7, 11) is 10.2. The summed E-state index contributed by atoms with van der Waals surface area (Å²) in [6.07, 6.45) is 0.568. The largest absolute Gasteiger partial charge is 0.380 e. The van der Waals surface area contributed by atoms with E-state index in [1.54, 1.807) is 38.2 Å². The van der Waals surface area contributed by atoms with Crippen LogP contribution in [0.3, 0.4) is 0 Å². The quantitative estimate of drug-likeness (QED) is 0.196. The van der Waals surface area contributed by atoms with Crippen molar-refractivity contribution in [2.24, 2.45) is 23.7 Å². The number of amides is 4. The van der Waals surface area contributed by atoms with E-state index >= 15 is 0 Å². The first kappa shape index (κ1) is 45.1. The molecule has 1 aliphatic rings. The maximum Gasteiger partial charge on any atom is 0.245 e. The molecule has 1 aromatic carbocycles. The molecule has 1 heterocycles. The maximum absolute atomic E-state index is 14.3. The molecular formula is C40H69N5O7. The summed E-state index contributed by atoms with van der Waals surface area (Å²) in [5.74, 6) is -1.40. The Bertz CT molecular complexity index is 1250. The van der Waals surface area contributed by atoms with Gasteiger partial charge in [-0.2, -0.15) is 0 Å². The van der Waals surface area contributed by atoms with Crippen LogP contribution in [0.4, 0.5) is 0 Å². The Morgan fingerprint density at radius 3 is 2.04 bits per heavy atom. The Labute approximate surface area is 313 Å². The molecule has 0 radical (unpaired) electrons. The molecule has 4 amide bonds. The van der Waals surface area contributed by atoms with Crippen LogP contribution in [-0.2, 0) is 39.8 Å². The molecule has 52 heavy (non-hydrogen) atoms. The van der Waals surface area contributed by atoms with Crippen molar-refractivity contribution in [3.63, 3.8) is 0 Å². The molecular weight excluding hydrogens is 662 g/mol. The second-order valence-corrected chi connectivity index (χ2v) is 15.4. The zero-order chi connectivity index (χ0) is 39.3. The van der Waals surface area contributed by atoms with Crippen molar-refractivity contribution >= 4 is 23.6 Å². The molecule has 1 aromatic rings. The number of benzene rings is 1. The van der Waals surface area contributed by atoms with E-state index in [4.69, 9.17) is 14.2 Å². The number of methoxy groups -OCH3 is 3. The molecule has 9 atom stereocenters.